The van der Waals surface area contributed by atoms with Crippen molar-refractivity contribution in [3.63, 3.8) is 0 Å². The molecule has 0 heterocycles. The van der Waals surface area contributed by atoms with E-state index in [1.54, 1.807) is 19.2 Å². The zero-order valence-corrected chi connectivity index (χ0v) is 14.3. The highest BCUT2D eigenvalue weighted by Gasteiger charge is 2.21. The molecule has 132 valence electrons. The van der Waals surface area contributed by atoms with Crippen LogP contribution in [0.15, 0.2) is 48.5 Å². The lowest BCUT2D eigenvalue weighted by Gasteiger charge is -2.20. The molecule has 2 aromatic rings. The maximum Gasteiger partial charge on any atom is 0.234 e. The number of carbonyl (C=O) groups is 1. The van der Waals surface area contributed by atoms with Crippen molar-refractivity contribution in [3.05, 3.63) is 65.5 Å². The smallest absolute Gasteiger partial charge is 0.234 e. The average Bonchev–Trinajstić information content (AvgIpc) is 3.45. The molecule has 4 nitrogen and oxygen atoms in total. The second-order valence-electron chi connectivity index (χ2n) is 6.40. The quantitative estimate of drug-likeness (QED) is 0.775. The topological polar surface area (TPSA) is 50.4 Å². The van der Waals surface area contributed by atoms with Crippen LogP contribution in [0.25, 0.3) is 0 Å². The fourth-order valence-electron chi connectivity index (χ4n) is 2.73. The Bertz CT molecular complexity index is 697. The number of benzene rings is 2. The molecule has 0 bridgehead atoms. The number of hydrogen-bond donors (Lipinski definition) is 2. The summed E-state index contributed by atoms with van der Waals surface area (Å²) in [6.07, 6.45) is 2.50. The molecule has 2 aromatic carbocycles. The largest absolute Gasteiger partial charge is 0.497 e. The summed E-state index contributed by atoms with van der Waals surface area (Å²) in [5.41, 5.74) is 1.75. The normalized spacial score (nSPS) is 14.8. The standard InChI is InChI=1S/C20H23FN2O2/c1-25-18-10-6-16(7-11-18)20(15-4-8-17(21)9-5-15)23-19(24)13-22-12-14-2-3-14/h4-11,14,20,22H,2-3,12-13H2,1H3,(H,23,24). The van der Waals surface area contributed by atoms with Crippen molar-refractivity contribution in [3.8, 4) is 5.75 Å². The van der Waals surface area contributed by atoms with Gasteiger partial charge in [0.05, 0.1) is 19.7 Å². The predicted molar refractivity (Wildman–Crippen MR) is 95.0 cm³/mol. The van der Waals surface area contributed by atoms with E-state index in [-0.39, 0.29) is 24.3 Å². The van der Waals surface area contributed by atoms with Gasteiger partial charge in [-0.1, -0.05) is 24.3 Å². The average molecular weight is 342 g/mol. The SMILES string of the molecule is COc1ccc(C(NC(=O)CNCC2CC2)c2ccc(F)cc2)cc1. The van der Waals surface area contributed by atoms with E-state index in [1.165, 1.54) is 25.0 Å². The Balaban J connectivity index is 1.72. The summed E-state index contributed by atoms with van der Waals surface area (Å²) in [5.74, 6) is 1.10. The van der Waals surface area contributed by atoms with Crippen LogP contribution in [0, 0.1) is 11.7 Å². The molecule has 0 radical (unpaired) electrons. The van der Waals surface area contributed by atoms with Crippen LogP contribution in [-0.4, -0.2) is 26.1 Å². The fourth-order valence-corrected chi connectivity index (χ4v) is 2.73. The lowest BCUT2D eigenvalue weighted by molar-refractivity contribution is -0.120. The van der Waals surface area contributed by atoms with E-state index < -0.39 is 0 Å². The molecule has 2 N–H and O–H groups in total. The fraction of sp³-hybridized carbons (Fsp3) is 0.350. The van der Waals surface area contributed by atoms with Crippen molar-refractivity contribution in [2.75, 3.05) is 20.2 Å². The van der Waals surface area contributed by atoms with E-state index in [2.05, 4.69) is 10.6 Å². The first kappa shape index (κ1) is 17.4. The minimum atomic E-state index is -0.332. The van der Waals surface area contributed by atoms with Gasteiger partial charge < -0.3 is 15.4 Å². The Labute approximate surface area is 147 Å². The van der Waals surface area contributed by atoms with Crippen molar-refractivity contribution in [2.45, 2.75) is 18.9 Å². The van der Waals surface area contributed by atoms with Crippen LogP contribution in [0.2, 0.25) is 0 Å². The van der Waals surface area contributed by atoms with Gasteiger partial charge in [-0.2, -0.15) is 0 Å². The molecule has 1 unspecified atom stereocenters. The summed E-state index contributed by atoms with van der Waals surface area (Å²) in [6.45, 7) is 1.17. The van der Waals surface area contributed by atoms with Gasteiger partial charge in [-0.05, 0) is 60.7 Å². The predicted octanol–water partition coefficient (Wildman–Crippen LogP) is 3.04. The van der Waals surface area contributed by atoms with Gasteiger partial charge in [0.15, 0.2) is 0 Å². The molecule has 1 amide bonds. The molecule has 0 spiro atoms. The Kier molecular flexibility index (Phi) is 5.66. The molecule has 1 aliphatic rings. The van der Waals surface area contributed by atoms with Crippen molar-refractivity contribution in [1.29, 1.82) is 0 Å². The Morgan fingerprint density at radius 1 is 1.12 bits per heavy atom. The van der Waals surface area contributed by atoms with E-state index in [0.717, 1.165) is 29.3 Å². The van der Waals surface area contributed by atoms with Crippen molar-refractivity contribution in [2.24, 2.45) is 5.92 Å². The molecule has 1 saturated carbocycles. The Hall–Kier alpha value is -2.40. The molecule has 5 heteroatoms. The van der Waals surface area contributed by atoms with Crippen molar-refractivity contribution < 1.29 is 13.9 Å². The lowest BCUT2D eigenvalue weighted by atomic mass is 9.98. The van der Waals surface area contributed by atoms with Crippen LogP contribution in [0.1, 0.15) is 30.0 Å². The van der Waals surface area contributed by atoms with E-state index in [1.807, 2.05) is 24.3 Å². The van der Waals surface area contributed by atoms with Gasteiger partial charge in [-0.3, -0.25) is 4.79 Å². The zero-order chi connectivity index (χ0) is 17.6. The van der Waals surface area contributed by atoms with E-state index in [4.69, 9.17) is 4.74 Å². The van der Waals surface area contributed by atoms with Crippen LogP contribution in [-0.2, 0) is 4.79 Å². The number of carbonyl (C=O) groups excluding carboxylic acids is 1. The Morgan fingerprint density at radius 3 is 2.28 bits per heavy atom. The second-order valence-corrected chi connectivity index (χ2v) is 6.40. The van der Waals surface area contributed by atoms with E-state index in [0.29, 0.717) is 0 Å². The van der Waals surface area contributed by atoms with Crippen LogP contribution in [0.4, 0.5) is 4.39 Å². The number of halogens is 1. The summed E-state index contributed by atoms with van der Waals surface area (Å²) >= 11 is 0. The minimum absolute atomic E-state index is 0.0780. The summed E-state index contributed by atoms with van der Waals surface area (Å²) in [4.78, 5) is 12.3. The molecule has 1 fully saturated rings. The number of rotatable bonds is 8. The van der Waals surface area contributed by atoms with Crippen molar-refractivity contribution in [1.82, 2.24) is 10.6 Å². The van der Waals surface area contributed by atoms with E-state index in [9.17, 15) is 9.18 Å². The number of methoxy groups -OCH3 is 1. The first-order chi connectivity index (χ1) is 12.2. The van der Waals surface area contributed by atoms with Gasteiger partial charge >= 0.3 is 0 Å². The van der Waals surface area contributed by atoms with Crippen molar-refractivity contribution >= 4 is 5.91 Å². The van der Waals surface area contributed by atoms with Crippen LogP contribution in [0.5, 0.6) is 5.75 Å². The number of amides is 1. The van der Waals surface area contributed by atoms with Gasteiger partial charge in [0.1, 0.15) is 11.6 Å². The summed E-state index contributed by atoms with van der Waals surface area (Å²) in [5, 5.41) is 6.23. The Morgan fingerprint density at radius 2 is 1.72 bits per heavy atom. The highest BCUT2D eigenvalue weighted by atomic mass is 19.1. The summed E-state index contributed by atoms with van der Waals surface area (Å²) in [7, 11) is 1.61. The van der Waals surface area contributed by atoms with Gasteiger partial charge in [-0.25, -0.2) is 4.39 Å². The minimum Gasteiger partial charge on any atom is -0.497 e. The molecule has 3 rings (SSSR count). The molecule has 0 aliphatic heterocycles. The van der Waals surface area contributed by atoms with Gasteiger partial charge in [0.25, 0.3) is 0 Å². The number of nitrogens with one attached hydrogen (secondary N) is 2. The first-order valence-corrected chi connectivity index (χ1v) is 8.55. The van der Waals surface area contributed by atoms with E-state index >= 15 is 0 Å². The summed E-state index contributed by atoms with van der Waals surface area (Å²) in [6, 6.07) is 13.4. The second kappa shape index (κ2) is 8.12. The third kappa shape index (κ3) is 5.03. The molecule has 1 atom stereocenters. The molecule has 0 saturated heterocycles. The van der Waals surface area contributed by atoms with Crippen LogP contribution in [0.3, 0.4) is 0 Å². The van der Waals surface area contributed by atoms with Gasteiger partial charge in [0.2, 0.25) is 5.91 Å². The third-order valence-corrected chi connectivity index (χ3v) is 4.37. The number of ether oxygens (including phenoxy) is 1. The summed E-state index contributed by atoms with van der Waals surface area (Å²) < 4.78 is 18.4. The molecular weight excluding hydrogens is 319 g/mol. The molecule has 0 aromatic heterocycles. The molecule has 1 aliphatic carbocycles. The molecular formula is C20H23FN2O2. The first-order valence-electron chi connectivity index (χ1n) is 8.55. The van der Waals surface area contributed by atoms with Crippen LogP contribution < -0.4 is 15.4 Å². The van der Waals surface area contributed by atoms with Gasteiger partial charge in [0, 0.05) is 0 Å². The monoisotopic (exact) mass is 342 g/mol. The highest BCUT2D eigenvalue weighted by Crippen LogP contribution is 2.27. The maximum absolute atomic E-state index is 13.2. The third-order valence-electron chi connectivity index (χ3n) is 4.37. The van der Waals surface area contributed by atoms with Crippen LogP contribution >= 0.6 is 0 Å². The molecule has 25 heavy (non-hydrogen) atoms. The lowest BCUT2D eigenvalue weighted by Crippen LogP contribution is -2.37. The highest BCUT2D eigenvalue weighted by molar-refractivity contribution is 5.79. The zero-order valence-electron chi connectivity index (χ0n) is 14.3. The maximum atomic E-state index is 13.2. The van der Waals surface area contributed by atoms with Gasteiger partial charge in [-0.15, -0.1) is 0 Å². The number of hydrogen-bond acceptors (Lipinski definition) is 3.